The molecule has 0 unspecified atom stereocenters. The Morgan fingerprint density at radius 3 is 2.78 bits per heavy atom. The molecule has 1 N–H and O–H groups in total. The number of hydrogen-bond donors (Lipinski definition) is 1. The second-order valence-corrected chi connectivity index (χ2v) is 4.66. The molecule has 1 aromatic heterocycles. The molecule has 0 saturated carbocycles. The summed E-state index contributed by atoms with van der Waals surface area (Å²) in [4.78, 5) is 0. The first-order chi connectivity index (χ1) is 8.56. The van der Waals surface area contributed by atoms with E-state index in [0.29, 0.717) is 11.2 Å². The molecular weight excluding hydrogens is 263 g/mol. The van der Waals surface area contributed by atoms with Gasteiger partial charge in [-0.3, -0.25) is 0 Å². The number of anilines is 1. The van der Waals surface area contributed by atoms with Gasteiger partial charge in [0.1, 0.15) is 0 Å². The Bertz CT molecular complexity index is 525. The summed E-state index contributed by atoms with van der Waals surface area (Å²) in [6.45, 7) is 0.222. The van der Waals surface area contributed by atoms with Crippen molar-refractivity contribution >= 4 is 28.4 Å². The molecular formula is C11H10F3N3S. The highest BCUT2D eigenvalue weighted by atomic mass is 32.2. The monoisotopic (exact) mass is 273 g/mol. The topological polar surface area (TPSA) is 37.8 Å². The van der Waals surface area contributed by atoms with Gasteiger partial charge in [-0.25, -0.2) is 0 Å². The number of hydrogen-bond acceptors (Lipinski definition) is 4. The molecule has 0 spiro atoms. The molecule has 1 aromatic carbocycles. The first-order valence-corrected chi connectivity index (χ1v) is 6.20. The molecule has 2 rings (SSSR count). The standard InChI is InChI=1S/C11H10F3N3S/c12-11(13,14)18-6-5-15-10-7-16-17-9-4-2-1-3-8(9)10/h1-4,7H,5-6H2,(H,15,17). The molecule has 2 aromatic rings. The fourth-order valence-electron chi connectivity index (χ4n) is 1.50. The molecule has 0 aliphatic heterocycles. The van der Waals surface area contributed by atoms with Crippen LogP contribution in [0, 0.1) is 0 Å². The number of benzene rings is 1. The Kier molecular flexibility index (Phi) is 3.90. The minimum absolute atomic E-state index is 0.0403. The molecule has 0 bridgehead atoms. The van der Waals surface area contributed by atoms with E-state index in [9.17, 15) is 13.2 Å². The largest absolute Gasteiger partial charge is 0.441 e. The molecule has 96 valence electrons. The van der Waals surface area contributed by atoms with Crippen molar-refractivity contribution in [2.45, 2.75) is 5.51 Å². The summed E-state index contributed by atoms with van der Waals surface area (Å²) in [5.41, 5.74) is -2.77. The van der Waals surface area contributed by atoms with E-state index in [4.69, 9.17) is 0 Å². The van der Waals surface area contributed by atoms with Crippen LogP contribution in [-0.2, 0) is 0 Å². The lowest BCUT2D eigenvalue weighted by Crippen LogP contribution is -2.10. The van der Waals surface area contributed by atoms with Gasteiger partial charge in [0.2, 0.25) is 0 Å². The summed E-state index contributed by atoms with van der Waals surface area (Å²) in [6, 6.07) is 7.33. The van der Waals surface area contributed by atoms with Gasteiger partial charge in [0.15, 0.2) is 0 Å². The predicted molar refractivity (Wildman–Crippen MR) is 66.5 cm³/mol. The minimum Gasteiger partial charge on any atom is -0.382 e. The number of halogens is 3. The highest BCUT2D eigenvalue weighted by Gasteiger charge is 2.27. The number of nitrogens with zero attached hydrogens (tertiary/aromatic N) is 2. The Labute approximate surface area is 106 Å². The smallest absolute Gasteiger partial charge is 0.382 e. The van der Waals surface area contributed by atoms with Crippen LogP contribution >= 0.6 is 11.8 Å². The maximum Gasteiger partial charge on any atom is 0.441 e. The van der Waals surface area contributed by atoms with E-state index >= 15 is 0 Å². The molecule has 0 fully saturated rings. The molecule has 0 aliphatic carbocycles. The van der Waals surface area contributed by atoms with Crippen molar-refractivity contribution in [1.29, 1.82) is 0 Å². The molecule has 0 amide bonds. The van der Waals surface area contributed by atoms with Gasteiger partial charge in [-0.1, -0.05) is 18.2 Å². The Morgan fingerprint density at radius 2 is 2.00 bits per heavy atom. The van der Waals surface area contributed by atoms with Gasteiger partial charge >= 0.3 is 5.51 Å². The molecule has 1 heterocycles. The molecule has 18 heavy (non-hydrogen) atoms. The number of nitrogens with one attached hydrogen (secondary N) is 1. The highest BCUT2D eigenvalue weighted by molar-refractivity contribution is 8.00. The van der Waals surface area contributed by atoms with Crippen LogP contribution in [0.4, 0.5) is 18.9 Å². The Hall–Kier alpha value is -1.50. The summed E-state index contributed by atoms with van der Waals surface area (Å²) in [5.74, 6) is -0.0415. The van der Waals surface area contributed by atoms with E-state index in [1.807, 2.05) is 18.2 Å². The van der Waals surface area contributed by atoms with E-state index in [-0.39, 0.29) is 24.1 Å². The number of thioether (sulfide) groups is 1. The normalized spacial score (nSPS) is 11.7. The third kappa shape index (κ3) is 3.49. The lowest BCUT2D eigenvalue weighted by atomic mass is 10.2. The molecule has 0 atom stereocenters. The van der Waals surface area contributed by atoms with Crippen LogP contribution in [0.25, 0.3) is 10.9 Å². The van der Waals surface area contributed by atoms with Crippen LogP contribution < -0.4 is 5.32 Å². The first kappa shape index (κ1) is 12.9. The Morgan fingerprint density at radius 1 is 1.22 bits per heavy atom. The zero-order chi connectivity index (χ0) is 13.0. The number of fused-ring (bicyclic) bond motifs is 1. The third-order valence-electron chi connectivity index (χ3n) is 2.23. The fraction of sp³-hybridized carbons (Fsp3) is 0.273. The van der Waals surface area contributed by atoms with Gasteiger partial charge in [-0.05, 0) is 17.8 Å². The first-order valence-electron chi connectivity index (χ1n) is 5.21. The van der Waals surface area contributed by atoms with Crippen molar-refractivity contribution in [3.05, 3.63) is 30.5 Å². The quantitative estimate of drug-likeness (QED) is 0.867. The summed E-state index contributed by atoms with van der Waals surface area (Å²) in [5, 5.41) is 11.5. The highest BCUT2D eigenvalue weighted by Crippen LogP contribution is 2.29. The van der Waals surface area contributed by atoms with Crippen molar-refractivity contribution in [3.63, 3.8) is 0 Å². The van der Waals surface area contributed by atoms with Crippen molar-refractivity contribution < 1.29 is 13.2 Å². The zero-order valence-electron chi connectivity index (χ0n) is 9.24. The van der Waals surface area contributed by atoms with Gasteiger partial charge in [0, 0.05) is 17.7 Å². The minimum atomic E-state index is -4.18. The van der Waals surface area contributed by atoms with Crippen LogP contribution in [0.5, 0.6) is 0 Å². The molecule has 0 aliphatic rings. The van der Waals surface area contributed by atoms with Crippen LogP contribution in [0.1, 0.15) is 0 Å². The second kappa shape index (κ2) is 5.43. The van der Waals surface area contributed by atoms with E-state index in [1.165, 1.54) is 6.20 Å². The van der Waals surface area contributed by atoms with E-state index < -0.39 is 5.51 Å². The SMILES string of the molecule is FC(F)(F)SCCNc1cnnc2ccccc12. The number of alkyl halides is 3. The van der Waals surface area contributed by atoms with Crippen LogP contribution in [-0.4, -0.2) is 28.0 Å². The number of rotatable bonds is 4. The number of aromatic nitrogens is 2. The van der Waals surface area contributed by atoms with Gasteiger partial charge < -0.3 is 5.32 Å². The Balaban J connectivity index is 2.00. The van der Waals surface area contributed by atoms with Gasteiger partial charge in [-0.15, -0.1) is 0 Å². The summed E-state index contributed by atoms with van der Waals surface area (Å²) in [7, 11) is 0. The average molecular weight is 273 g/mol. The summed E-state index contributed by atoms with van der Waals surface area (Å²) in [6.07, 6.45) is 1.51. The lowest BCUT2D eigenvalue weighted by molar-refractivity contribution is -0.0327. The maximum absolute atomic E-state index is 11.9. The molecule has 3 nitrogen and oxygen atoms in total. The predicted octanol–water partition coefficient (Wildman–Crippen LogP) is 3.29. The van der Waals surface area contributed by atoms with Crippen molar-refractivity contribution in [1.82, 2.24) is 10.2 Å². The second-order valence-electron chi connectivity index (χ2n) is 3.50. The van der Waals surface area contributed by atoms with Crippen LogP contribution in [0.3, 0.4) is 0 Å². The maximum atomic E-state index is 11.9. The van der Waals surface area contributed by atoms with Crippen LogP contribution in [0.2, 0.25) is 0 Å². The fourth-order valence-corrected chi connectivity index (χ4v) is 1.94. The van der Waals surface area contributed by atoms with Crippen molar-refractivity contribution in [2.24, 2.45) is 0 Å². The molecule has 0 radical (unpaired) electrons. The molecule has 7 heteroatoms. The molecule has 0 saturated heterocycles. The van der Waals surface area contributed by atoms with Gasteiger partial charge in [0.25, 0.3) is 0 Å². The lowest BCUT2D eigenvalue weighted by Gasteiger charge is -2.09. The van der Waals surface area contributed by atoms with Gasteiger partial charge in [0.05, 0.1) is 17.4 Å². The third-order valence-corrected chi connectivity index (χ3v) is 2.97. The van der Waals surface area contributed by atoms with Crippen molar-refractivity contribution in [3.8, 4) is 0 Å². The van der Waals surface area contributed by atoms with E-state index in [0.717, 1.165) is 5.39 Å². The summed E-state index contributed by atoms with van der Waals surface area (Å²) < 4.78 is 35.8. The zero-order valence-corrected chi connectivity index (χ0v) is 10.1. The van der Waals surface area contributed by atoms with Crippen molar-refractivity contribution in [2.75, 3.05) is 17.6 Å². The van der Waals surface area contributed by atoms with Gasteiger partial charge in [-0.2, -0.15) is 23.4 Å². The van der Waals surface area contributed by atoms with E-state index in [1.54, 1.807) is 6.07 Å². The van der Waals surface area contributed by atoms with Crippen LogP contribution in [0.15, 0.2) is 30.5 Å². The van der Waals surface area contributed by atoms with E-state index in [2.05, 4.69) is 15.5 Å². The summed E-state index contributed by atoms with van der Waals surface area (Å²) >= 11 is -0.0403. The average Bonchev–Trinajstić information content (AvgIpc) is 2.33.